The number of H-pyrrole nitrogens is 2. The Labute approximate surface area is 217 Å². The van der Waals surface area contributed by atoms with Gasteiger partial charge in [-0.15, -0.1) is 0 Å². The molecule has 11 nitrogen and oxygen atoms in total. The van der Waals surface area contributed by atoms with Gasteiger partial charge in [-0.1, -0.05) is 36.4 Å². The molecule has 2 heterocycles. The van der Waals surface area contributed by atoms with Crippen LogP contribution < -0.4 is 16.4 Å². The molecule has 0 saturated carbocycles. The Morgan fingerprint density at radius 2 is 1.29 bits per heavy atom. The number of benzene rings is 2. The number of hydrogen-bond acceptors (Lipinski definition) is 5. The Hall–Kier alpha value is -4.64. The largest absolute Gasteiger partial charge is 0.481 e. The smallest absolute Gasteiger partial charge is 0.326 e. The van der Waals surface area contributed by atoms with Crippen LogP contribution in [0.5, 0.6) is 0 Å². The van der Waals surface area contributed by atoms with Gasteiger partial charge in [0.25, 0.3) is 0 Å². The summed E-state index contributed by atoms with van der Waals surface area (Å²) in [4.78, 5) is 55.3. The van der Waals surface area contributed by atoms with Crippen molar-refractivity contribution in [3.63, 3.8) is 0 Å². The van der Waals surface area contributed by atoms with Crippen molar-refractivity contribution in [1.29, 1.82) is 0 Å². The van der Waals surface area contributed by atoms with E-state index in [1.807, 2.05) is 48.5 Å². The van der Waals surface area contributed by atoms with Crippen molar-refractivity contribution in [2.45, 2.75) is 43.8 Å². The summed E-state index contributed by atoms with van der Waals surface area (Å²) in [7, 11) is 0. The van der Waals surface area contributed by atoms with Gasteiger partial charge in [0, 0.05) is 47.0 Å². The fourth-order valence-electron chi connectivity index (χ4n) is 4.44. The molecule has 2 aromatic heterocycles. The molecule has 8 N–H and O–H groups in total. The number of para-hydroxylation sites is 2. The van der Waals surface area contributed by atoms with Crippen LogP contribution in [0.1, 0.15) is 24.0 Å². The number of nitrogens with two attached hydrogens (primary N) is 1. The Kier molecular flexibility index (Phi) is 8.07. The maximum atomic E-state index is 13.1. The lowest BCUT2D eigenvalue weighted by Crippen LogP contribution is -2.55. The van der Waals surface area contributed by atoms with Gasteiger partial charge in [0.15, 0.2) is 0 Å². The molecule has 4 aromatic rings. The summed E-state index contributed by atoms with van der Waals surface area (Å²) in [6.45, 7) is 0. The van der Waals surface area contributed by atoms with Gasteiger partial charge in [-0.3, -0.25) is 14.4 Å². The molecule has 198 valence electrons. The van der Waals surface area contributed by atoms with E-state index in [4.69, 9.17) is 10.8 Å². The number of rotatable bonds is 12. The van der Waals surface area contributed by atoms with E-state index in [0.717, 1.165) is 27.4 Å². The van der Waals surface area contributed by atoms with Crippen LogP contribution in [0.4, 0.5) is 0 Å². The highest BCUT2D eigenvalue weighted by Gasteiger charge is 2.29. The minimum Gasteiger partial charge on any atom is -0.481 e. The van der Waals surface area contributed by atoms with Gasteiger partial charge in [-0.2, -0.15) is 0 Å². The van der Waals surface area contributed by atoms with Gasteiger partial charge in [0.2, 0.25) is 11.8 Å². The molecule has 38 heavy (non-hydrogen) atoms. The number of nitrogens with one attached hydrogen (secondary N) is 4. The number of amides is 2. The highest BCUT2D eigenvalue weighted by Crippen LogP contribution is 2.20. The second-order valence-electron chi connectivity index (χ2n) is 9.13. The highest BCUT2D eigenvalue weighted by atomic mass is 16.4. The summed E-state index contributed by atoms with van der Waals surface area (Å²) < 4.78 is 0. The molecule has 0 bridgehead atoms. The monoisotopic (exact) mass is 519 g/mol. The normalized spacial score (nSPS) is 13.6. The van der Waals surface area contributed by atoms with Crippen molar-refractivity contribution < 1.29 is 29.4 Å². The minimum absolute atomic E-state index is 0.00917. The molecule has 0 radical (unpaired) electrons. The predicted octanol–water partition coefficient (Wildman–Crippen LogP) is 1.68. The molecule has 0 aliphatic rings. The molecule has 4 rings (SSSR count). The van der Waals surface area contributed by atoms with E-state index in [0.29, 0.717) is 5.56 Å². The number of aromatic amines is 2. The van der Waals surface area contributed by atoms with Crippen molar-refractivity contribution in [3.8, 4) is 0 Å². The standard InChI is InChI=1S/C27H29N5O6/c28-19(11-15-13-29-20-7-3-1-5-17(15)20)25(35)31-22(9-10-24(33)34)26(36)32-23(27(37)38)12-16-14-30-21-8-4-2-6-18(16)21/h1-8,13-14,19,22-23,29-30H,9-12,28H2,(H,31,35)(H,32,36)(H,33,34)(H,37,38)/t19-,22-,23-/m0/s1. The van der Waals surface area contributed by atoms with Crippen LogP contribution in [0.15, 0.2) is 60.9 Å². The van der Waals surface area contributed by atoms with Crippen LogP contribution in [0.3, 0.4) is 0 Å². The third-order valence-electron chi connectivity index (χ3n) is 6.44. The molecule has 11 heteroatoms. The van der Waals surface area contributed by atoms with E-state index in [9.17, 15) is 24.3 Å². The summed E-state index contributed by atoms with van der Waals surface area (Å²) in [5.41, 5.74) is 9.36. The van der Waals surface area contributed by atoms with Crippen LogP contribution in [0.25, 0.3) is 21.8 Å². The number of fused-ring (bicyclic) bond motifs is 2. The summed E-state index contributed by atoms with van der Waals surface area (Å²) >= 11 is 0. The molecule has 0 fully saturated rings. The average molecular weight is 520 g/mol. The van der Waals surface area contributed by atoms with Crippen LogP contribution in [-0.4, -0.2) is 62.1 Å². The van der Waals surface area contributed by atoms with Gasteiger partial charge >= 0.3 is 11.9 Å². The SMILES string of the molecule is N[C@@H](Cc1c[nH]c2ccccc12)C(=O)N[C@@H](CCC(=O)O)C(=O)N[C@@H](Cc1c[nH]c2ccccc12)C(=O)O. The van der Waals surface area contributed by atoms with Crippen LogP contribution in [0.2, 0.25) is 0 Å². The molecule has 0 unspecified atom stereocenters. The van der Waals surface area contributed by atoms with Gasteiger partial charge in [-0.25, -0.2) is 4.79 Å². The quantitative estimate of drug-likeness (QED) is 0.148. The maximum absolute atomic E-state index is 13.1. The predicted molar refractivity (Wildman–Crippen MR) is 140 cm³/mol. The Morgan fingerprint density at radius 3 is 1.84 bits per heavy atom. The Bertz CT molecular complexity index is 1470. The van der Waals surface area contributed by atoms with E-state index < -0.39 is 48.3 Å². The molecule has 2 aromatic carbocycles. The maximum Gasteiger partial charge on any atom is 0.326 e. The first kappa shape index (κ1) is 26.4. The van der Waals surface area contributed by atoms with E-state index in [2.05, 4.69) is 20.6 Å². The van der Waals surface area contributed by atoms with Crippen LogP contribution in [-0.2, 0) is 32.0 Å². The summed E-state index contributed by atoms with van der Waals surface area (Å²) in [5.74, 6) is -3.87. The van der Waals surface area contributed by atoms with E-state index in [1.54, 1.807) is 12.4 Å². The van der Waals surface area contributed by atoms with Gasteiger partial charge in [0.1, 0.15) is 12.1 Å². The number of carbonyl (C=O) groups excluding carboxylic acids is 2. The van der Waals surface area contributed by atoms with Crippen LogP contribution in [0, 0.1) is 0 Å². The number of carboxylic acid groups (broad SMARTS) is 2. The second kappa shape index (κ2) is 11.6. The fourth-order valence-corrected chi connectivity index (χ4v) is 4.44. The van der Waals surface area contributed by atoms with Crippen molar-refractivity contribution in [3.05, 3.63) is 72.1 Å². The zero-order valence-electron chi connectivity index (χ0n) is 20.4. The molecule has 0 aliphatic heterocycles. The third-order valence-corrected chi connectivity index (χ3v) is 6.44. The number of carbonyl (C=O) groups is 4. The van der Waals surface area contributed by atoms with Crippen molar-refractivity contribution >= 4 is 45.6 Å². The zero-order chi connectivity index (χ0) is 27.2. The molecule has 2 amide bonds. The first-order valence-corrected chi connectivity index (χ1v) is 12.1. The number of aliphatic carboxylic acids is 2. The summed E-state index contributed by atoms with van der Waals surface area (Å²) in [6.07, 6.45) is 2.98. The number of aromatic nitrogens is 2. The fraction of sp³-hybridized carbons (Fsp3) is 0.259. The topological polar surface area (TPSA) is 190 Å². The molecule has 0 spiro atoms. The lowest BCUT2D eigenvalue weighted by Gasteiger charge is -2.22. The van der Waals surface area contributed by atoms with Crippen molar-refractivity contribution in [2.24, 2.45) is 5.73 Å². The van der Waals surface area contributed by atoms with Gasteiger partial charge in [-0.05, 0) is 36.1 Å². The minimum atomic E-state index is -1.30. The lowest BCUT2D eigenvalue weighted by atomic mass is 10.0. The van der Waals surface area contributed by atoms with E-state index in [1.165, 1.54) is 0 Å². The molecular weight excluding hydrogens is 490 g/mol. The second-order valence-corrected chi connectivity index (χ2v) is 9.13. The average Bonchev–Trinajstić information content (AvgIpc) is 3.50. The van der Waals surface area contributed by atoms with Gasteiger partial charge in [0.05, 0.1) is 6.04 Å². The zero-order valence-corrected chi connectivity index (χ0v) is 20.4. The molecular formula is C27H29N5O6. The lowest BCUT2D eigenvalue weighted by molar-refractivity contribution is -0.143. The summed E-state index contributed by atoms with van der Waals surface area (Å²) in [5, 5.41) is 25.6. The highest BCUT2D eigenvalue weighted by molar-refractivity contribution is 5.93. The number of hydrogen-bond donors (Lipinski definition) is 7. The Balaban J connectivity index is 1.45. The third kappa shape index (κ3) is 6.19. The van der Waals surface area contributed by atoms with Crippen molar-refractivity contribution in [1.82, 2.24) is 20.6 Å². The van der Waals surface area contributed by atoms with Gasteiger partial charge < -0.3 is 36.5 Å². The Morgan fingerprint density at radius 1 is 0.763 bits per heavy atom. The first-order chi connectivity index (χ1) is 18.2. The molecule has 0 aliphatic carbocycles. The number of carboxylic acids is 2. The molecule has 3 atom stereocenters. The summed E-state index contributed by atoms with van der Waals surface area (Å²) in [6, 6.07) is 11.3. The molecule has 0 saturated heterocycles. The van der Waals surface area contributed by atoms with Crippen LogP contribution >= 0.6 is 0 Å². The van der Waals surface area contributed by atoms with Crippen molar-refractivity contribution in [2.75, 3.05) is 0 Å². The van der Waals surface area contributed by atoms with E-state index >= 15 is 0 Å². The van der Waals surface area contributed by atoms with E-state index in [-0.39, 0.29) is 19.3 Å². The first-order valence-electron chi connectivity index (χ1n) is 12.1.